The predicted molar refractivity (Wildman–Crippen MR) is 217 cm³/mol. The van der Waals surface area contributed by atoms with E-state index in [0.717, 1.165) is 31.2 Å². The normalized spacial score (nSPS) is 10.9. The average molecular weight is 887 g/mol. The summed E-state index contributed by atoms with van der Waals surface area (Å²) in [6, 6.07) is 33.6. The van der Waals surface area contributed by atoms with Gasteiger partial charge in [0.25, 0.3) is 11.1 Å². The molecule has 2 aromatic heterocycles. The highest BCUT2D eigenvalue weighted by Gasteiger charge is 2.26. The maximum absolute atomic E-state index is 12.8. The van der Waals surface area contributed by atoms with Crippen LogP contribution in [0.1, 0.15) is 75.7 Å². The summed E-state index contributed by atoms with van der Waals surface area (Å²) in [4.78, 5) is 63.3. The summed E-state index contributed by atoms with van der Waals surface area (Å²) >= 11 is 6.91. The number of carbonyl (C=O) groups excluding carboxylic acids is 1. The lowest BCUT2D eigenvalue weighted by Crippen LogP contribution is -2.28. The lowest BCUT2D eigenvalue weighted by molar-refractivity contribution is 0.00570. The van der Waals surface area contributed by atoms with Crippen molar-refractivity contribution >= 4 is 43.8 Å². The van der Waals surface area contributed by atoms with Gasteiger partial charge in [-0.05, 0) is 55.2 Å². The fourth-order valence-electron chi connectivity index (χ4n) is 5.17. The van der Waals surface area contributed by atoms with Crippen LogP contribution in [0.3, 0.4) is 0 Å². The number of benzene rings is 4. The van der Waals surface area contributed by atoms with Crippen LogP contribution in [0.5, 0.6) is 11.5 Å². The van der Waals surface area contributed by atoms with Gasteiger partial charge >= 0.3 is 11.9 Å². The molecular formula is C42H38Br2N4O8. The van der Waals surface area contributed by atoms with E-state index in [1.54, 1.807) is 20.8 Å². The summed E-state index contributed by atoms with van der Waals surface area (Å²) in [6.45, 7) is 5.47. The second kappa shape index (κ2) is 19.1. The van der Waals surface area contributed by atoms with E-state index in [2.05, 4.69) is 51.8 Å². The molecule has 0 saturated carbocycles. The standard InChI is InChI=1S/C23H23BrN2O4.C19H15BrN2O4/c1-23(2,3)30-22(28)19-20(29-14-15-9-5-4-6-10-15)21(27)26-18(25-19)13-16-11-7-8-12-17(16)24;20-14-9-5-4-8-13(14)10-15-21-16(19(24)25)17(18(23)22-15)26-11-12-6-2-1-3-7-12/h4-12H,13-14H2,1-3H3,(H,25,26,27);1-9H,10-11H2,(H,24,25)(H,21,22,23). The largest absolute Gasteiger partial charge is 0.481 e. The van der Waals surface area contributed by atoms with Crippen molar-refractivity contribution in [1.29, 1.82) is 0 Å². The first-order valence-corrected chi connectivity index (χ1v) is 18.9. The average Bonchev–Trinajstić information content (AvgIpc) is 3.16. The fourth-order valence-corrected chi connectivity index (χ4v) is 6.02. The van der Waals surface area contributed by atoms with Crippen molar-refractivity contribution in [2.75, 3.05) is 0 Å². The van der Waals surface area contributed by atoms with E-state index in [1.165, 1.54) is 0 Å². The van der Waals surface area contributed by atoms with E-state index < -0.39 is 34.4 Å². The lowest BCUT2D eigenvalue weighted by atomic mass is 10.1. The number of hydrogen-bond acceptors (Lipinski definition) is 9. The molecule has 0 aliphatic carbocycles. The highest BCUT2D eigenvalue weighted by atomic mass is 79.9. The van der Waals surface area contributed by atoms with Crippen LogP contribution in [-0.4, -0.2) is 42.6 Å². The second-order valence-corrected chi connectivity index (χ2v) is 15.0. The van der Waals surface area contributed by atoms with Gasteiger partial charge in [-0.2, -0.15) is 0 Å². The SMILES string of the molecule is CC(C)(C)OC(=O)c1nc(Cc2ccccc2Br)[nH]c(=O)c1OCc1ccccc1.O=C(O)c1nc(Cc2ccccc2Br)[nH]c(=O)c1OCc1ccccc1. The predicted octanol–water partition coefficient (Wildman–Crippen LogP) is 8.06. The molecule has 0 aliphatic heterocycles. The fraction of sp³-hybridized carbons (Fsp3) is 0.190. The zero-order valence-electron chi connectivity index (χ0n) is 30.7. The first-order valence-electron chi connectivity index (χ1n) is 17.3. The number of nitrogens with zero attached hydrogens (tertiary/aromatic N) is 2. The molecular weight excluding hydrogens is 848 g/mol. The molecule has 4 aromatic carbocycles. The van der Waals surface area contributed by atoms with E-state index in [-0.39, 0.29) is 42.7 Å². The molecule has 6 rings (SSSR count). The molecule has 6 aromatic rings. The molecule has 12 nitrogen and oxygen atoms in total. The van der Waals surface area contributed by atoms with Crippen LogP contribution >= 0.6 is 31.9 Å². The van der Waals surface area contributed by atoms with Gasteiger partial charge in [0, 0.05) is 21.8 Å². The summed E-state index contributed by atoms with van der Waals surface area (Å²) in [5.41, 5.74) is 1.09. The Hall–Kier alpha value is -5.86. The van der Waals surface area contributed by atoms with Crippen LogP contribution in [-0.2, 0) is 30.8 Å². The third kappa shape index (κ3) is 11.8. The van der Waals surface area contributed by atoms with Gasteiger partial charge in [-0.25, -0.2) is 19.6 Å². The molecule has 0 radical (unpaired) electrons. The van der Waals surface area contributed by atoms with Crippen molar-refractivity contribution in [3.63, 3.8) is 0 Å². The first kappa shape index (κ1) is 41.3. The number of hydrogen-bond donors (Lipinski definition) is 3. The number of aromatic nitrogens is 4. The summed E-state index contributed by atoms with van der Waals surface area (Å²) in [6.07, 6.45) is 0.626. The number of halogens is 2. The van der Waals surface area contributed by atoms with Crippen molar-refractivity contribution in [1.82, 2.24) is 19.9 Å². The van der Waals surface area contributed by atoms with Gasteiger partial charge in [0.2, 0.25) is 11.5 Å². The van der Waals surface area contributed by atoms with Gasteiger partial charge in [0.1, 0.15) is 30.5 Å². The van der Waals surface area contributed by atoms with Gasteiger partial charge in [0.05, 0.1) is 0 Å². The number of aromatic amines is 2. The number of nitrogens with one attached hydrogen (secondary N) is 2. The molecule has 2 heterocycles. The smallest absolute Gasteiger partial charge is 0.361 e. The number of ether oxygens (including phenoxy) is 3. The number of carboxylic acid groups (broad SMARTS) is 1. The van der Waals surface area contributed by atoms with Crippen LogP contribution in [0.2, 0.25) is 0 Å². The molecule has 0 aliphatic rings. The Morgan fingerprint density at radius 1 is 0.625 bits per heavy atom. The molecule has 0 bridgehead atoms. The number of esters is 1. The Morgan fingerprint density at radius 3 is 1.43 bits per heavy atom. The molecule has 56 heavy (non-hydrogen) atoms. The molecule has 0 atom stereocenters. The monoisotopic (exact) mass is 884 g/mol. The van der Waals surface area contributed by atoms with Gasteiger partial charge in [-0.15, -0.1) is 0 Å². The van der Waals surface area contributed by atoms with E-state index in [9.17, 15) is 24.3 Å². The molecule has 0 saturated heterocycles. The molecule has 3 N–H and O–H groups in total. The minimum atomic E-state index is -1.31. The Kier molecular flexibility index (Phi) is 14.1. The highest BCUT2D eigenvalue weighted by molar-refractivity contribution is 9.10. The minimum absolute atomic E-state index is 0.0788. The number of aromatic carboxylic acids is 1. The van der Waals surface area contributed by atoms with Gasteiger partial charge in [-0.1, -0.05) is 129 Å². The molecule has 0 fully saturated rings. The van der Waals surface area contributed by atoms with Gasteiger partial charge in [0.15, 0.2) is 11.4 Å². The third-order valence-corrected chi connectivity index (χ3v) is 9.28. The summed E-state index contributed by atoms with van der Waals surface area (Å²) in [5, 5.41) is 9.43. The minimum Gasteiger partial charge on any atom is -0.481 e. The first-order chi connectivity index (χ1) is 26.8. The van der Waals surface area contributed by atoms with Crippen molar-refractivity contribution in [3.8, 4) is 11.5 Å². The van der Waals surface area contributed by atoms with Gasteiger partial charge in [-0.3, -0.25) is 9.59 Å². The Balaban J connectivity index is 0.000000216. The van der Waals surface area contributed by atoms with Crippen LogP contribution in [0.25, 0.3) is 0 Å². The quantitative estimate of drug-likeness (QED) is 0.102. The molecule has 0 unspecified atom stereocenters. The third-order valence-electron chi connectivity index (χ3n) is 7.73. The van der Waals surface area contributed by atoms with E-state index in [1.807, 2.05) is 109 Å². The van der Waals surface area contributed by atoms with E-state index in [0.29, 0.717) is 12.2 Å². The maximum Gasteiger partial charge on any atom is 0.361 e. The van der Waals surface area contributed by atoms with Crippen molar-refractivity contribution in [2.45, 2.75) is 52.4 Å². The number of carboxylic acids is 1. The zero-order chi connectivity index (χ0) is 40.2. The Labute approximate surface area is 339 Å². The van der Waals surface area contributed by atoms with E-state index in [4.69, 9.17) is 14.2 Å². The zero-order valence-corrected chi connectivity index (χ0v) is 33.8. The lowest BCUT2D eigenvalue weighted by Gasteiger charge is -2.20. The van der Waals surface area contributed by atoms with Crippen LogP contribution < -0.4 is 20.6 Å². The van der Waals surface area contributed by atoms with E-state index >= 15 is 0 Å². The van der Waals surface area contributed by atoms with Gasteiger partial charge < -0.3 is 29.3 Å². The number of carbonyl (C=O) groups is 2. The van der Waals surface area contributed by atoms with Crippen molar-refractivity contribution in [3.05, 3.63) is 184 Å². The summed E-state index contributed by atoms with van der Waals surface area (Å²) < 4.78 is 18.3. The summed E-state index contributed by atoms with van der Waals surface area (Å²) in [7, 11) is 0. The van der Waals surface area contributed by atoms with Crippen LogP contribution in [0, 0.1) is 0 Å². The van der Waals surface area contributed by atoms with Crippen LogP contribution in [0.4, 0.5) is 0 Å². The topological polar surface area (TPSA) is 174 Å². The second-order valence-electron chi connectivity index (χ2n) is 13.3. The Bertz CT molecular complexity index is 2410. The summed E-state index contributed by atoms with van der Waals surface area (Å²) in [5.74, 6) is -1.86. The maximum atomic E-state index is 12.8. The molecule has 14 heteroatoms. The highest BCUT2D eigenvalue weighted by Crippen LogP contribution is 2.22. The number of H-pyrrole nitrogens is 2. The molecule has 0 amide bonds. The molecule has 288 valence electrons. The number of rotatable bonds is 12. The van der Waals surface area contributed by atoms with Crippen molar-refractivity contribution < 1.29 is 28.9 Å². The van der Waals surface area contributed by atoms with Crippen LogP contribution in [0.15, 0.2) is 128 Å². The Morgan fingerprint density at radius 2 is 1.02 bits per heavy atom. The molecule has 0 spiro atoms. The van der Waals surface area contributed by atoms with Crippen molar-refractivity contribution in [2.24, 2.45) is 0 Å².